The molecule has 0 spiro atoms. The van der Waals surface area contributed by atoms with E-state index in [4.69, 9.17) is 4.74 Å². The van der Waals surface area contributed by atoms with Gasteiger partial charge in [-0.2, -0.15) is 0 Å². The summed E-state index contributed by atoms with van der Waals surface area (Å²) in [6.07, 6.45) is 15.5. The SMILES string of the molecule is CC(C)CCC[C@@H](C)[C@H]1CC[C@H]2[C@@H]3CC[C@H]4C[C@](O)(c5ccccc5OCc5ccccc5)CC[C@]4(C)[C@H]3CC[C@]12C. The first-order chi connectivity index (χ1) is 20.1. The predicted molar refractivity (Wildman–Crippen MR) is 174 cm³/mol. The summed E-state index contributed by atoms with van der Waals surface area (Å²) in [6, 6.07) is 18.7. The number of hydrogen-bond acceptors (Lipinski definition) is 2. The van der Waals surface area contributed by atoms with E-state index in [0.717, 1.165) is 71.6 Å². The van der Waals surface area contributed by atoms with Gasteiger partial charge in [0.2, 0.25) is 0 Å². The molecule has 0 unspecified atom stereocenters. The van der Waals surface area contributed by atoms with Crippen LogP contribution in [-0.4, -0.2) is 5.11 Å². The van der Waals surface area contributed by atoms with Gasteiger partial charge >= 0.3 is 0 Å². The van der Waals surface area contributed by atoms with Crippen LogP contribution in [0.4, 0.5) is 0 Å². The second-order valence-electron chi connectivity index (χ2n) is 16.2. The molecular weight excluding hydrogens is 512 g/mol. The standard InChI is InChI=1S/C40H58O2/c1-28(2)12-11-13-29(3)33-20-21-34-32-19-18-31-26-40(41,25-24-38(31,4)35(32)22-23-39(33,34)5)36-16-9-10-17-37(36)42-27-30-14-7-6-8-15-30/h6-10,14-17,28-29,31-35,41H,11-13,18-27H2,1-5H3/t29-,31+,32+,33-,34+,35+,38+,39-,40+/m1/s1. The van der Waals surface area contributed by atoms with Crippen LogP contribution in [0, 0.1) is 52.3 Å². The van der Waals surface area contributed by atoms with Gasteiger partial charge in [-0.1, -0.05) is 102 Å². The van der Waals surface area contributed by atoms with Crippen molar-refractivity contribution in [3.63, 3.8) is 0 Å². The van der Waals surface area contributed by atoms with Gasteiger partial charge in [-0.05, 0) is 122 Å². The molecule has 0 amide bonds. The predicted octanol–water partition coefficient (Wildman–Crippen LogP) is 10.6. The molecule has 1 N–H and O–H groups in total. The first-order valence-electron chi connectivity index (χ1n) is 17.6. The quantitative estimate of drug-likeness (QED) is 0.325. The fraction of sp³-hybridized carbons (Fsp3) is 0.700. The summed E-state index contributed by atoms with van der Waals surface area (Å²) in [5.41, 5.74) is 2.28. The number of hydrogen-bond donors (Lipinski definition) is 1. The number of ether oxygens (including phenoxy) is 1. The fourth-order valence-electron chi connectivity index (χ4n) is 11.2. The lowest BCUT2D eigenvalue weighted by Crippen LogP contribution is -2.55. The van der Waals surface area contributed by atoms with Crippen molar-refractivity contribution in [3.05, 3.63) is 65.7 Å². The number of rotatable bonds is 9. The van der Waals surface area contributed by atoms with E-state index in [9.17, 15) is 5.11 Å². The maximum Gasteiger partial charge on any atom is 0.125 e. The Morgan fingerprint density at radius 3 is 2.31 bits per heavy atom. The molecule has 2 heteroatoms. The smallest absolute Gasteiger partial charge is 0.125 e. The Morgan fingerprint density at radius 2 is 1.52 bits per heavy atom. The van der Waals surface area contributed by atoms with E-state index in [2.05, 4.69) is 77.1 Å². The van der Waals surface area contributed by atoms with E-state index in [1.165, 1.54) is 57.8 Å². The zero-order chi connectivity index (χ0) is 29.5. The molecule has 2 aromatic carbocycles. The normalized spacial score (nSPS) is 38.4. The van der Waals surface area contributed by atoms with Crippen molar-refractivity contribution in [2.45, 2.75) is 124 Å². The number of benzene rings is 2. The molecule has 2 nitrogen and oxygen atoms in total. The molecule has 0 heterocycles. The molecule has 0 aliphatic heterocycles. The van der Waals surface area contributed by atoms with Crippen molar-refractivity contribution >= 4 is 0 Å². The van der Waals surface area contributed by atoms with Crippen LogP contribution in [0.3, 0.4) is 0 Å². The van der Waals surface area contributed by atoms with Crippen molar-refractivity contribution < 1.29 is 9.84 Å². The Morgan fingerprint density at radius 1 is 0.786 bits per heavy atom. The van der Waals surface area contributed by atoms with Crippen molar-refractivity contribution in [1.82, 2.24) is 0 Å². The maximum atomic E-state index is 12.3. The molecule has 0 bridgehead atoms. The average molecular weight is 571 g/mol. The van der Waals surface area contributed by atoms with Crippen LogP contribution >= 0.6 is 0 Å². The molecule has 4 aliphatic carbocycles. The molecule has 4 aliphatic rings. The fourth-order valence-corrected chi connectivity index (χ4v) is 11.2. The first-order valence-corrected chi connectivity index (χ1v) is 17.6. The average Bonchev–Trinajstić information content (AvgIpc) is 3.34. The zero-order valence-electron chi connectivity index (χ0n) is 27.3. The molecule has 2 aromatic rings. The Kier molecular flexibility index (Phi) is 8.60. The van der Waals surface area contributed by atoms with E-state index < -0.39 is 5.60 Å². The van der Waals surface area contributed by atoms with Crippen molar-refractivity contribution in [2.75, 3.05) is 0 Å². The summed E-state index contributed by atoms with van der Waals surface area (Å²) >= 11 is 0. The molecule has 4 fully saturated rings. The highest BCUT2D eigenvalue weighted by atomic mass is 16.5. The number of para-hydroxylation sites is 1. The van der Waals surface area contributed by atoms with Crippen LogP contribution in [-0.2, 0) is 12.2 Å². The van der Waals surface area contributed by atoms with Crippen LogP contribution in [0.25, 0.3) is 0 Å². The highest BCUT2D eigenvalue weighted by Crippen LogP contribution is 2.69. The topological polar surface area (TPSA) is 29.5 Å². The van der Waals surface area contributed by atoms with Crippen molar-refractivity contribution in [3.8, 4) is 5.75 Å². The maximum absolute atomic E-state index is 12.3. The van der Waals surface area contributed by atoms with Crippen LogP contribution in [0.1, 0.15) is 123 Å². The van der Waals surface area contributed by atoms with Crippen LogP contribution < -0.4 is 4.74 Å². The number of aliphatic hydroxyl groups is 1. The molecule has 0 saturated heterocycles. The monoisotopic (exact) mass is 570 g/mol. The Hall–Kier alpha value is -1.80. The summed E-state index contributed by atoms with van der Waals surface area (Å²) in [4.78, 5) is 0. The molecule has 4 saturated carbocycles. The zero-order valence-corrected chi connectivity index (χ0v) is 27.3. The summed E-state index contributed by atoms with van der Waals surface area (Å²) in [5.74, 6) is 6.72. The minimum atomic E-state index is -0.794. The van der Waals surface area contributed by atoms with Crippen molar-refractivity contribution in [1.29, 1.82) is 0 Å². The van der Waals surface area contributed by atoms with Gasteiger partial charge < -0.3 is 9.84 Å². The highest BCUT2D eigenvalue weighted by Gasteiger charge is 2.61. The third kappa shape index (κ3) is 5.48. The van der Waals surface area contributed by atoms with Gasteiger partial charge in [-0.15, -0.1) is 0 Å². The molecule has 6 rings (SSSR count). The molecule has 0 aromatic heterocycles. The molecular formula is C40H58O2. The van der Waals surface area contributed by atoms with Gasteiger partial charge in [0.15, 0.2) is 0 Å². The largest absolute Gasteiger partial charge is 0.489 e. The van der Waals surface area contributed by atoms with E-state index >= 15 is 0 Å². The minimum absolute atomic E-state index is 0.358. The second kappa shape index (κ2) is 11.9. The van der Waals surface area contributed by atoms with E-state index in [1.54, 1.807) is 0 Å². The number of fused-ring (bicyclic) bond motifs is 5. The first kappa shape index (κ1) is 30.2. The third-order valence-electron chi connectivity index (χ3n) is 13.6. The van der Waals surface area contributed by atoms with E-state index in [1.807, 2.05) is 12.1 Å². The van der Waals surface area contributed by atoms with E-state index in [0.29, 0.717) is 23.4 Å². The molecule has 9 atom stereocenters. The van der Waals surface area contributed by atoms with Crippen LogP contribution in [0.15, 0.2) is 54.6 Å². The Balaban J connectivity index is 1.15. The van der Waals surface area contributed by atoms with Crippen LogP contribution in [0.5, 0.6) is 5.75 Å². The van der Waals surface area contributed by atoms with Gasteiger partial charge in [0, 0.05) is 5.56 Å². The Bertz CT molecular complexity index is 1190. The molecule has 230 valence electrons. The van der Waals surface area contributed by atoms with Crippen molar-refractivity contribution in [2.24, 2.45) is 52.3 Å². The summed E-state index contributed by atoms with van der Waals surface area (Å²) in [6.45, 7) is 13.2. The van der Waals surface area contributed by atoms with Gasteiger partial charge in [-0.25, -0.2) is 0 Å². The minimum Gasteiger partial charge on any atom is -0.489 e. The highest BCUT2D eigenvalue weighted by molar-refractivity contribution is 5.39. The van der Waals surface area contributed by atoms with Gasteiger partial charge in [0.1, 0.15) is 12.4 Å². The van der Waals surface area contributed by atoms with Gasteiger partial charge in [0.25, 0.3) is 0 Å². The van der Waals surface area contributed by atoms with Gasteiger partial charge in [-0.3, -0.25) is 0 Å². The lowest BCUT2D eigenvalue weighted by atomic mass is 9.43. The van der Waals surface area contributed by atoms with E-state index in [-0.39, 0.29) is 0 Å². The summed E-state index contributed by atoms with van der Waals surface area (Å²) < 4.78 is 6.35. The second-order valence-corrected chi connectivity index (χ2v) is 16.2. The van der Waals surface area contributed by atoms with Crippen LogP contribution in [0.2, 0.25) is 0 Å². The summed E-state index contributed by atoms with van der Waals surface area (Å²) in [7, 11) is 0. The lowest BCUT2D eigenvalue weighted by Gasteiger charge is -2.62. The lowest BCUT2D eigenvalue weighted by molar-refractivity contribution is -0.155. The third-order valence-corrected chi connectivity index (χ3v) is 13.6. The molecule has 42 heavy (non-hydrogen) atoms. The molecule has 0 radical (unpaired) electrons. The summed E-state index contributed by atoms with van der Waals surface area (Å²) in [5, 5.41) is 12.3. The Labute approximate surface area is 257 Å². The van der Waals surface area contributed by atoms with Gasteiger partial charge in [0.05, 0.1) is 5.60 Å².